The van der Waals surface area contributed by atoms with Gasteiger partial charge in [0.05, 0.1) is 6.54 Å². The van der Waals surface area contributed by atoms with E-state index in [1.165, 1.54) is 12.8 Å². The van der Waals surface area contributed by atoms with Gasteiger partial charge in [0.2, 0.25) is 5.91 Å². The molecule has 2 fully saturated rings. The number of carbonyl (C=O) groups excluding carboxylic acids is 1. The molecule has 0 unspecified atom stereocenters. The van der Waals surface area contributed by atoms with Crippen molar-refractivity contribution >= 4 is 5.91 Å². The van der Waals surface area contributed by atoms with Gasteiger partial charge in [-0.05, 0) is 39.2 Å². The van der Waals surface area contributed by atoms with Crippen LogP contribution in [0.3, 0.4) is 0 Å². The zero-order chi connectivity index (χ0) is 14.8. The topological polar surface area (TPSA) is 41.4 Å². The number of carbonyl (C=O) groups is 1. The van der Waals surface area contributed by atoms with Crippen molar-refractivity contribution in [3.05, 3.63) is 18.2 Å². The van der Waals surface area contributed by atoms with Gasteiger partial charge in [-0.15, -0.1) is 0 Å². The molecule has 2 atom stereocenters. The van der Waals surface area contributed by atoms with Crippen LogP contribution in [-0.2, 0) is 17.9 Å². The highest BCUT2D eigenvalue weighted by molar-refractivity contribution is 5.74. The molecule has 0 spiro atoms. The fourth-order valence-electron chi connectivity index (χ4n) is 4.03. The van der Waals surface area contributed by atoms with E-state index in [1.54, 1.807) is 6.92 Å². The molecule has 1 amide bonds. The van der Waals surface area contributed by atoms with Gasteiger partial charge in [-0.3, -0.25) is 9.69 Å². The highest BCUT2D eigenvalue weighted by atomic mass is 16.2. The number of imidazole rings is 1. The number of nitrogens with zero attached hydrogens (tertiary/aromatic N) is 4. The summed E-state index contributed by atoms with van der Waals surface area (Å²) in [4.78, 5) is 21.0. The maximum Gasteiger partial charge on any atom is 0.219 e. The first-order chi connectivity index (χ1) is 10.2. The maximum absolute atomic E-state index is 11.8. The summed E-state index contributed by atoms with van der Waals surface area (Å²) in [6.45, 7) is 7.81. The summed E-state index contributed by atoms with van der Waals surface area (Å²) in [5.74, 6) is 1.39. The molecule has 0 bridgehead atoms. The summed E-state index contributed by atoms with van der Waals surface area (Å²) >= 11 is 0. The zero-order valence-electron chi connectivity index (χ0n) is 13.2. The predicted molar refractivity (Wildman–Crippen MR) is 81.7 cm³/mol. The Labute approximate surface area is 126 Å². The van der Waals surface area contributed by atoms with Crippen LogP contribution in [0, 0.1) is 0 Å². The standard InChI is InChI=1S/C16H26N4O/c1-3-18-11-8-17-16(18)12-19-9-4-6-14(19)15-7-5-10-20(15)13(2)21/h8,11,14-15H,3-7,9-10,12H2,1-2H3/t14-,15+/m0/s1. The highest BCUT2D eigenvalue weighted by Gasteiger charge is 2.38. The van der Waals surface area contributed by atoms with Crippen LogP contribution in [0.5, 0.6) is 0 Å². The number of aryl methyl sites for hydroxylation is 1. The first-order valence-corrected chi connectivity index (χ1v) is 8.22. The summed E-state index contributed by atoms with van der Waals surface area (Å²) < 4.78 is 2.22. The molecule has 0 aliphatic carbocycles. The third-order valence-electron chi connectivity index (χ3n) is 5.05. The van der Waals surface area contributed by atoms with Crippen molar-refractivity contribution in [1.29, 1.82) is 0 Å². The van der Waals surface area contributed by atoms with E-state index in [0.29, 0.717) is 12.1 Å². The molecule has 116 valence electrons. The highest BCUT2D eigenvalue weighted by Crippen LogP contribution is 2.30. The van der Waals surface area contributed by atoms with Crippen molar-refractivity contribution in [2.24, 2.45) is 0 Å². The average molecular weight is 290 g/mol. The molecule has 5 heteroatoms. The second-order valence-electron chi connectivity index (χ2n) is 6.23. The first-order valence-electron chi connectivity index (χ1n) is 8.22. The molecule has 1 aromatic rings. The van der Waals surface area contributed by atoms with E-state index in [1.807, 2.05) is 6.20 Å². The van der Waals surface area contributed by atoms with E-state index in [9.17, 15) is 4.79 Å². The number of hydrogen-bond donors (Lipinski definition) is 0. The third kappa shape index (κ3) is 2.84. The first kappa shape index (κ1) is 14.6. The quantitative estimate of drug-likeness (QED) is 0.850. The largest absolute Gasteiger partial charge is 0.338 e. The molecule has 2 aliphatic heterocycles. The Morgan fingerprint density at radius 1 is 1.29 bits per heavy atom. The van der Waals surface area contributed by atoms with Gasteiger partial charge in [0.15, 0.2) is 0 Å². The minimum atomic E-state index is 0.236. The molecule has 1 aromatic heterocycles. The van der Waals surface area contributed by atoms with Crippen LogP contribution < -0.4 is 0 Å². The number of amides is 1. The Morgan fingerprint density at radius 3 is 2.81 bits per heavy atom. The summed E-state index contributed by atoms with van der Waals surface area (Å²) in [7, 11) is 0. The molecule has 3 rings (SSSR count). The van der Waals surface area contributed by atoms with E-state index in [0.717, 1.165) is 44.8 Å². The summed E-state index contributed by atoms with van der Waals surface area (Å²) in [6.07, 6.45) is 8.70. The number of likely N-dealkylation sites (tertiary alicyclic amines) is 2. The second kappa shape index (κ2) is 6.18. The van der Waals surface area contributed by atoms with Crippen LogP contribution in [0.4, 0.5) is 0 Å². The number of hydrogen-bond acceptors (Lipinski definition) is 3. The molecule has 2 aliphatic rings. The van der Waals surface area contributed by atoms with Crippen LogP contribution in [0.1, 0.15) is 45.4 Å². The maximum atomic E-state index is 11.8. The van der Waals surface area contributed by atoms with E-state index in [2.05, 4.69) is 32.5 Å². The molecule has 0 saturated carbocycles. The summed E-state index contributed by atoms with van der Waals surface area (Å²) in [6, 6.07) is 0.924. The van der Waals surface area contributed by atoms with E-state index >= 15 is 0 Å². The molecular weight excluding hydrogens is 264 g/mol. The van der Waals surface area contributed by atoms with Crippen LogP contribution in [0.2, 0.25) is 0 Å². The smallest absolute Gasteiger partial charge is 0.219 e. The van der Waals surface area contributed by atoms with Gasteiger partial charge in [-0.2, -0.15) is 0 Å². The molecule has 0 N–H and O–H groups in total. The third-order valence-corrected chi connectivity index (χ3v) is 5.05. The number of aromatic nitrogens is 2. The van der Waals surface area contributed by atoms with Gasteiger partial charge in [-0.1, -0.05) is 0 Å². The molecule has 3 heterocycles. The van der Waals surface area contributed by atoms with Crippen molar-refractivity contribution in [3.8, 4) is 0 Å². The Bertz CT molecular complexity index is 498. The Balaban J connectivity index is 1.72. The predicted octanol–water partition coefficient (Wildman–Crippen LogP) is 1.88. The van der Waals surface area contributed by atoms with Crippen molar-refractivity contribution in [2.45, 2.75) is 64.7 Å². The van der Waals surface area contributed by atoms with Crippen LogP contribution in [0.15, 0.2) is 12.4 Å². The van der Waals surface area contributed by atoms with E-state index < -0.39 is 0 Å². The van der Waals surface area contributed by atoms with Crippen LogP contribution >= 0.6 is 0 Å². The molecule has 2 saturated heterocycles. The van der Waals surface area contributed by atoms with Crippen molar-refractivity contribution in [1.82, 2.24) is 19.4 Å². The zero-order valence-corrected chi connectivity index (χ0v) is 13.2. The van der Waals surface area contributed by atoms with Crippen molar-refractivity contribution in [2.75, 3.05) is 13.1 Å². The van der Waals surface area contributed by atoms with Gasteiger partial charge in [0.25, 0.3) is 0 Å². The van der Waals surface area contributed by atoms with Gasteiger partial charge in [0.1, 0.15) is 5.82 Å². The number of rotatable bonds is 4. The Kier molecular flexibility index (Phi) is 4.29. The van der Waals surface area contributed by atoms with E-state index in [4.69, 9.17) is 0 Å². The molecule has 0 radical (unpaired) electrons. The lowest BCUT2D eigenvalue weighted by molar-refractivity contribution is -0.130. The fourth-order valence-corrected chi connectivity index (χ4v) is 4.03. The normalized spacial score (nSPS) is 26.7. The van der Waals surface area contributed by atoms with Crippen LogP contribution in [0.25, 0.3) is 0 Å². The van der Waals surface area contributed by atoms with E-state index in [-0.39, 0.29) is 5.91 Å². The van der Waals surface area contributed by atoms with Gasteiger partial charge in [-0.25, -0.2) is 4.98 Å². The monoisotopic (exact) mass is 290 g/mol. The minimum Gasteiger partial charge on any atom is -0.338 e. The molecule has 5 nitrogen and oxygen atoms in total. The molecular formula is C16H26N4O. The summed E-state index contributed by atoms with van der Waals surface area (Å²) in [5.41, 5.74) is 0. The van der Waals surface area contributed by atoms with Gasteiger partial charge in [0, 0.05) is 44.5 Å². The Hall–Kier alpha value is -1.36. The SMILES string of the molecule is CCn1ccnc1CN1CCC[C@H]1[C@H]1CCCN1C(C)=O. The van der Waals surface area contributed by atoms with Gasteiger partial charge < -0.3 is 9.47 Å². The average Bonchev–Trinajstić information content (AvgIpc) is 3.18. The van der Waals surface area contributed by atoms with Crippen molar-refractivity contribution < 1.29 is 4.79 Å². The van der Waals surface area contributed by atoms with Gasteiger partial charge >= 0.3 is 0 Å². The fraction of sp³-hybridized carbons (Fsp3) is 0.750. The lowest BCUT2D eigenvalue weighted by atomic mass is 10.0. The lowest BCUT2D eigenvalue weighted by Gasteiger charge is -2.34. The lowest BCUT2D eigenvalue weighted by Crippen LogP contribution is -2.47. The Morgan fingerprint density at radius 2 is 2.05 bits per heavy atom. The van der Waals surface area contributed by atoms with Crippen LogP contribution in [-0.4, -0.2) is 50.4 Å². The molecule has 21 heavy (non-hydrogen) atoms. The summed E-state index contributed by atoms with van der Waals surface area (Å²) in [5, 5.41) is 0. The molecule has 0 aromatic carbocycles. The van der Waals surface area contributed by atoms with Crippen molar-refractivity contribution in [3.63, 3.8) is 0 Å². The minimum absolute atomic E-state index is 0.236. The second-order valence-corrected chi connectivity index (χ2v) is 6.23.